The summed E-state index contributed by atoms with van der Waals surface area (Å²) >= 11 is 0. The summed E-state index contributed by atoms with van der Waals surface area (Å²) in [5.74, 6) is 0.818. The lowest BCUT2D eigenvalue weighted by Crippen LogP contribution is -2.02. The van der Waals surface area contributed by atoms with Gasteiger partial charge in [-0.25, -0.2) is 4.98 Å². The Labute approximate surface area is 89.2 Å². The van der Waals surface area contributed by atoms with E-state index < -0.39 is 0 Å². The van der Waals surface area contributed by atoms with E-state index in [0.29, 0.717) is 0 Å². The Morgan fingerprint density at radius 2 is 1.93 bits per heavy atom. The van der Waals surface area contributed by atoms with Crippen molar-refractivity contribution in [3.05, 3.63) is 54.0 Å². The fraction of sp³-hybridized carbons (Fsp3) is 0.167. The minimum absolute atomic E-state index is 0.777. The van der Waals surface area contributed by atoms with Crippen LogP contribution in [-0.2, 0) is 6.54 Å². The monoisotopic (exact) mass is 199 g/mol. The zero-order chi connectivity index (χ0) is 10.5. The molecule has 0 amide bonds. The van der Waals surface area contributed by atoms with Crippen LogP contribution in [0.5, 0.6) is 0 Å². The number of nitrogens with zero attached hydrogens (tertiary/aromatic N) is 2. The quantitative estimate of drug-likeness (QED) is 0.824. The molecule has 15 heavy (non-hydrogen) atoms. The number of nitrogens with one attached hydrogen (secondary N) is 1. The molecule has 1 aromatic heterocycles. The first-order chi connectivity index (χ1) is 7.34. The van der Waals surface area contributed by atoms with Crippen LogP contribution in [0.3, 0.4) is 0 Å². The second kappa shape index (κ2) is 4.55. The molecule has 1 N–H and O–H groups in total. The van der Waals surface area contributed by atoms with E-state index in [9.17, 15) is 0 Å². The third-order valence-electron chi connectivity index (χ3n) is 2.07. The molecule has 0 atom stereocenters. The molecule has 3 heteroatoms. The van der Waals surface area contributed by atoms with Gasteiger partial charge >= 0.3 is 0 Å². The Kier molecular flexibility index (Phi) is 2.93. The normalized spacial score (nSPS) is 9.93. The minimum Gasteiger partial charge on any atom is -0.365 e. The van der Waals surface area contributed by atoms with E-state index in [1.54, 1.807) is 12.4 Å². The lowest BCUT2D eigenvalue weighted by molar-refractivity contribution is 1.05. The van der Waals surface area contributed by atoms with Gasteiger partial charge in [-0.15, -0.1) is 0 Å². The van der Waals surface area contributed by atoms with Crippen molar-refractivity contribution in [2.45, 2.75) is 13.5 Å². The van der Waals surface area contributed by atoms with Crippen molar-refractivity contribution in [3.63, 3.8) is 0 Å². The lowest BCUT2D eigenvalue weighted by atomic mass is 10.2. The third-order valence-corrected chi connectivity index (χ3v) is 2.07. The van der Waals surface area contributed by atoms with E-state index in [0.717, 1.165) is 18.1 Å². The van der Waals surface area contributed by atoms with Crippen LogP contribution < -0.4 is 5.32 Å². The van der Waals surface area contributed by atoms with E-state index >= 15 is 0 Å². The molecular weight excluding hydrogens is 186 g/mol. The van der Waals surface area contributed by atoms with Gasteiger partial charge in [0.05, 0.1) is 11.9 Å². The van der Waals surface area contributed by atoms with E-state index in [-0.39, 0.29) is 0 Å². The van der Waals surface area contributed by atoms with Crippen LogP contribution in [0.2, 0.25) is 0 Å². The molecule has 0 radical (unpaired) electrons. The Morgan fingerprint density at radius 3 is 2.67 bits per heavy atom. The Balaban J connectivity index is 1.99. The van der Waals surface area contributed by atoms with Gasteiger partial charge in [0.2, 0.25) is 0 Å². The fourth-order valence-corrected chi connectivity index (χ4v) is 1.34. The first-order valence-corrected chi connectivity index (χ1v) is 4.91. The van der Waals surface area contributed by atoms with Crippen LogP contribution in [-0.4, -0.2) is 9.97 Å². The standard InChI is InChI=1S/C12H13N3/c1-10-7-13-9-12(15-10)14-8-11-5-3-2-4-6-11/h2-7,9H,8H2,1H3,(H,14,15). The average Bonchev–Trinajstić information content (AvgIpc) is 2.28. The second-order valence-corrected chi connectivity index (χ2v) is 3.38. The molecule has 76 valence electrons. The maximum Gasteiger partial charge on any atom is 0.145 e. The van der Waals surface area contributed by atoms with Crippen molar-refractivity contribution < 1.29 is 0 Å². The van der Waals surface area contributed by atoms with Crippen molar-refractivity contribution in [2.24, 2.45) is 0 Å². The number of hydrogen-bond acceptors (Lipinski definition) is 3. The lowest BCUT2D eigenvalue weighted by Gasteiger charge is -2.05. The second-order valence-electron chi connectivity index (χ2n) is 3.38. The van der Waals surface area contributed by atoms with Gasteiger partial charge in [0, 0.05) is 12.7 Å². The summed E-state index contributed by atoms with van der Waals surface area (Å²) in [7, 11) is 0. The van der Waals surface area contributed by atoms with Gasteiger partial charge < -0.3 is 5.32 Å². The highest BCUT2D eigenvalue weighted by Gasteiger charge is 1.95. The predicted octanol–water partition coefficient (Wildman–Crippen LogP) is 2.40. The molecule has 0 fully saturated rings. The Bertz CT molecular complexity index is 426. The first-order valence-electron chi connectivity index (χ1n) is 4.91. The first kappa shape index (κ1) is 9.65. The van der Waals surface area contributed by atoms with E-state index in [1.165, 1.54) is 5.56 Å². The molecule has 2 aromatic rings. The third kappa shape index (κ3) is 2.77. The van der Waals surface area contributed by atoms with Crippen molar-refractivity contribution in [3.8, 4) is 0 Å². The summed E-state index contributed by atoms with van der Waals surface area (Å²) in [5, 5.41) is 3.23. The molecule has 0 saturated heterocycles. The smallest absolute Gasteiger partial charge is 0.145 e. The fourth-order valence-electron chi connectivity index (χ4n) is 1.34. The topological polar surface area (TPSA) is 37.8 Å². The van der Waals surface area contributed by atoms with Crippen LogP contribution in [0.4, 0.5) is 5.82 Å². The predicted molar refractivity (Wildman–Crippen MR) is 60.5 cm³/mol. The number of rotatable bonds is 3. The summed E-state index contributed by atoms with van der Waals surface area (Å²) in [5.41, 5.74) is 2.16. The molecule has 0 spiro atoms. The maximum absolute atomic E-state index is 4.31. The molecule has 0 aliphatic heterocycles. The highest BCUT2D eigenvalue weighted by Crippen LogP contribution is 2.05. The summed E-state index contributed by atoms with van der Waals surface area (Å²) < 4.78 is 0. The molecule has 1 heterocycles. The minimum atomic E-state index is 0.777. The molecule has 0 aliphatic rings. The molecular formula is C12H13N3. The molecule has 2 rings (SSSR count). The SMILES string of the molecule is Cc1cncc(NCc2ccccc2)n1. The highest BCUT2D eigenvalue weighted by atomic mass is 15.0. The molecule has 0 unspecified atom stereocenters. The maximum atomic E-state index is 4.31. The van der Waals surface area contributed by atoms with Crippen molar-refractivity contribution in [2.75, 3.05) is 5.32 Å². The summed E-state index contributed by atoms with van der Waals surface area (Å²) in [4.78, 5) is 8.39. The van der Waals surface area contributed by atoms with E-state index in [2.05, 4.69) is 27.4 Å². The Hall–Kier alpha value is -1.90. The van der Waals surface area contributed by atoms with Crippen LogP contribution in [0, 0.1) is 6.92 Å². The van der Waals surface area contributed by atoms with Gasteiger partial charge in [-0.3, -0.25) is 4.98 Å². The molecule has 0 aliphatic carbocycles. The number of hydrogen-bond donors (Lipinski definition) is 1. The largest absolute Gasteiger partial charge is 0.365 e. The van der Waals surface area contributed by atoms with Crippen LogP contribution in [0.1, 0.15) is 11.3 Å². The van der Waals surface area contributed by atoms with Crippen molar-refractivity contribution in [1.29, 1.82) is 0 Å². The molecule has 0 bridgehead atoms. The molecule has 3 nitrogen and oxygen atoms in total. The zero-order valence-corrected chi connectivity index (χ0v) is 8.64. The van der Waals surface area contributed by atoms with Gasteiger partial charge in [0.1, 0.15) is 5.82 Å². The Morgan fingerprint density at radius 1 is 1.13 bits per heavy atom. The van der Waals surface area contributed by atoms with E-state index in [1.807, 2.05) is 25.1 Å². The molecule has 0 saturated carbocycles. The van der Waals surface area contributed by atoms with Crippen molar-refractivity contribution >= 4 is 5.82 Å². The number of aromatic nitrogens is 2. The van der Waals surface area contributed by atoms with Gasteiger partial charge in [-0.2, -0.15) is 0 Å². The molecule has 1 aromatic carbocycles. The van der Waals surface area contributed by atoms with Crippen LogP contribution in [0.15, 0.2) is 42.7 Å². The summed E-state index contributed by atoms with van der Waals surface area (Å²) in [6.45, 7) is 2.71. The van der Waals surface area contributed by atoms with Crippen LogP contribution in [0.25, 0.3) is 0 Å². The van der Waals surface area contributed by atoms with E-state index in [4.69, 9.17) is 0 Å². The summed E-state index contributed by atoms with van der Waals surface area (Å²) in [6, 6.07) is 10.2. The number of anilines is 1. The van der Waals surface area contributed by atoms with Gasteiger partial charge in [-0.05, 0) is 12.5 Å². The van der Waals surface area contributed by atoms with Crippen LogP contribution >= 0.6 is 0 Å². The highest BCUT2D eigenvalue weighted by molar-refractivity contribution is 5.33. The van der Waals surface area contributed by atoms with Gasteiger partial charge in [-0.1, -0.05) is 30.3 Å². The number of benzene rings is 1. The van der Waals surface area contributed by atoms with Crippen molar-refractivity contribution in [1.82, 2.24) is 9.97 Å². The van der Waals surface area contributed by atoms with Gasteiger partial charge in [0.25, 0.3) is 0 Å². The van der Waals surface area contributed by atoms with Gasteiger partial charge in [0.15, 0.2) is 0 Å². The summed E-state index contributed by atoms with van der Waals surface area (Å²) in [6.07, 6.45) is 3.48. The number of aryl methyl sites for hydroxylation is 1. The zero-order valence-electron chi connectivity index (χ0n) is 8.64. The average molecular weight is 199 g/mol.